The Kier molecular flexibility index (Phi) is 5.79. The molecule has 5 nitrogen and oxygen atoms in total. The molecule has 1 N–H and O–H groups in total. The van der Waals surface area contributed by atoms with Crippen LogP contribution in [-0.4, -0.2) is 29.9 Å². The summed E-state index contributed by atoms with van der Waals surface area (Å²) in [5.74, 6) is 0.482. The van der Waals surface area contributed by atoms with Gasteiger partial charge < -0.3 is 15.0 Å². The number of carbonyl (C=O) groups is 2. The van der Waals surface area contributed by atoms with Gasteiger partial charge in [-0.05, 0) is 55.2 Å². The van der Waals surface area contributed by atoms with E-state index in [2.05, 4.69) is 5.32 Å². The normalized spacial score (nSPS) is 16.9. The average Bonchev–Trinajstić information content (AvgIpc) is 3.21. The summed E-state index contributed by atoms with van der Waals surface area (Å²) in [6.45, 7) is 0.929. The molecule has 1 fully saturated rings. The SMILES string of the molecule is O=C(Nc1ccc2c(c1)CN(CCc1ccc(F)cc1)C(=O)CO2)C1CCCC1. The minimum Gasteiger partial charge on any atom is -0.483 e. The standard InChI is InChI=1S/C23H25FN2O3/c24-19-7-5-16(6-8-19)11-12-26-14-18-13-20(9-10-21(18)29-15-22(26)27)25-23(28)17-3-1-2-4-17/h5-10,13,17H,1-4,11-12,14-15H2,(H,25,28). The maximum absolute atomic E-state index is 13.1. The highest BCUT2D eigenvalue weighted by molar-refractivity contribution is 5.93. The number of ether oxygens (including phenoxy) is 1. The van der Waals surface area contributed by atoms with Gasteiger partial charge in [0.2, 0.25) is 5.91 Å². The first-order valence-electron chi connectivity index (χ1n) is 10.2. The number of carbonyl (C=O) groups excluding carboxylic acids is 2. The predicted molar refractivity (Wildman–Crippen MR) is 108 cm³/mol. The molecule has 4 rings (SSSR count). The Morgan fingerprint density at radius 1 is 1.14 bits per heavy atom. The van der Waals surface area contributed by atoms with E-state index in [1.165, 1.54) is 12.1 Å². The lowest BCUT2D eigenvalue weighted by Crippen LogP contribution is -2.34. The number of hydrogen-bond acceptors (Lipinski definition) is 3. The zero-order valence-electron chi connectivity index (χ0n) is 16.3. The smallest absolute Gasteiger partial charge is 0.260 e. The van der Waals surface area contributed by atoms with Gasteiger partial charge >= 0.3 is 0 Å². The van der Waals surface area contributed by atoms with E-state index in [0.717, 1.165) is 42.5 Å². The number of hydrogen-bond donors (Lipinski definition) is 1. The van der Waals surface area contributed by atoms with Gasteiger partial charge in [-0.25, -0.2) is 4.39 Å². The first-order chi connectivity index (χ1) is 14.1. The van der Waals surface area contributed by atoms with Crippen LogP contribution in [0.15, 0.2) is 42.5 Å². The molecular weight excluding hydrogens is 371 g/mol. The van der Waals surface area contributed by atoms with Gasteiger partial charge in [0.05, 0.1) is 0 Å². The summed E-state index contributed by atoms with van der Waals surface area (Å²) in [4.78, 5) is 26.6. The summed E-state index contributed by atoms with van der Waals surface area (Å²) < 4.78 is 18.7. The van der Waals surface area contributed by atoms with Crippen LogP contribution in [0.3, 0.4) is 0 Å². The van der Waals surface area contributed by atoms with Crippen molar-refractivity contribution in [3.63, 3.8) is 0 Å². The molecule has 2 aromatic carbocycles. The molecule has 1 aliphatic heterocycles. The third-order valence-corrected chi connectivity index (χ3v) is 5.70. The van der Waals surface area contributed by atoms with Crippen LogP contribution in [0.4, 0.5) is 10.1 Å². The average molecular weight is 396 g/mol. The summed E-state index contributed by atoms with van der Waals surface area (Å²) in [5, 5.41) is 3.01. The van der Waals surface area contributed by atoms with Gasteiger partial charge in [0.25, 0.3) is 5.91 Å². The summed E-state index contributed by atoms with van der Waals surface area (Å²) in [7, 11) is 0. The van der Waals surface area contributed by atoms with Gasteiger partial charge in [-0.2, -0.15) is 0 Å². The van der Waals surface area contributed by atoms with Gasteiger partial charge in [0, 0.05) is 30.3 Å². The van der Waals surface area contributed by atoms with Crippen molar-refractivity contribution in [1.82, 2.24) is 4.90 Å². The van der Waals surface area contributed by atoms with Gasteiger partial charge in [-0.1, -0.05) is 25.0 Å². The molecule has 0 unspecified atom stereocenters. The highest BCUT2D eigenvalue weighted by Gasteiger charge is 2.24. The van der Waals surface area contributed by atoms with E-state index in [1.54, 1.807) is 17.0 Å². The lowest BCUT2D eigenvalue weighted by atomic mass is 10.1. The van der Waals surface area contributed by atoms with Crippen molar-refractivity contribution in [2.75, 3.05) is 18.5 Å². The molecule has 6 heteroatoms. The van der Waals surface area contributed by atoms with E-state index >= 15 is 0 Å². The molecule has 0 bridgehead atoms. The van der Waals surface area contributed by atoms with Crippen LogP contribution in [0.5, 0.6) is 5.75 Å². The Morgan fingerprint density at radius 3 is 2.66 bits per heavy atom. The molecule has 0 radical (unpaired) electrons. The fourth-order valence-corrected chi connectivity index (χ4v) is 4.00. The van der Waals surface area contributed by atoms with Crippen molar-refractivity contribution in [3.05, 3.63) is 59.4 Å². The van der Waals surface area contributed by atoms with Gasteiger partial charge in [0.15, 0.2) is 6.61 Å². The molecule has 0 aromatic heterocycles. The van der Waals surface area contributed by atoms with Crippen molar-refractivity contribution in [2.45, 2.75) is 38.6 Å². The quantitative estimate of drug-likeness (QED) is 0.833. The van der Waals surface area contributed by atoms with Crippen LogP contribution in [-0.2, 0) is 22.6 Å². The van der Waals surface area contributed by atoms with E-state index in [-0.39, 0.29) is 30.2 Å². The molecule has 0 atom stereocenters. The molecule has 2 aliphatic rings. The van der Waals surface area contributed by atoms with Crippen LogP contribution in [0, 0.1) is 11.7 Å². The maximum Gasteiger partial charge on any atom is 0.260 e. The highest BCUT2D eigenvalue weighted by Crippen LogP contribution is 2.29. The molecular formula is C23H25FN2O3. The Labute approximate surface area is 169 Å². The van der Waals surface area contributed by atoms with Crippen LogP contribution in [0.1, 0.15) is 36.8 Å². The van der Waals surface area contributed by atoms with Crippen molar-refractivity contribution in [3.8, 4) is 5.75 Å². The summed E-state index contributed by atoms with van der Waals surface area (Å²) in [6.07, 6.45) is 4.76. The molecule has 1 saturated carbocycles. The summed E-state index contributed by atoms with van der Waals surface area (Å²) >= 11 is 0. The topological polar surface area (TPSA) is 58.6 Å². The number of benzene rings is 2. The van der Waals surface area contributed by atoms with E-state index in [0.29, 0.717) is 25.3 Å². The van der Waals surface area contributed by atoms with Gasteiger partial charge in [-0.3, -0.25) is 9.59 Å². The number of anilines is 1. The van der Waals surface area contributed by atoms with Crippen molar-refractivity contribution < 1.29 is 18.7 Å². The molecule has 2 amide bonds. The number of fused-ring (bicyclic) bond motifs is 1. The third kappa shape index (κ3) is 4.75. The van der Waals surface area contributed by atoms with Crippen molar-refractivity contribution >= 4 is 17.5 Å². The van der Waals surface area contributed by atoms with Crippen LogP contribution in [0.25, 0.3) is 0 Å². The maximum atomic E-state index is 13.1. The number of rotatable bonds is 5. The second-order valence-corrected chi connectivity index (χ2v) is 7.77. The van der Waals surface area contributed by atoms with Crippen LogP contribution >= 0.6 is 0 Å². The Morgan fingerprint density at radius 2 is 1.90 bits per heavy atom. The lowest BCUT2D eigenvalue weighted by molar-refractivity contribution is -0.133. The van der Waals surface area contributed by atoms with Crippen molar-refractivity contribution in [2.24, 2.45) is 5.92 Å². The second-order valence-electron chi connectivity index (χ2n) is 7.77. The summed E-state index contributed by atoms with van der Waals surface area (Å²) in [6, 6.07) is 11.9. The number of amides is 2. The zero-order valence-corrected chi connectivity index (χ0v) is 16.3. The number of nitrogens with one attached hydrogen (secondary N) is 1. The first-order valence-corrected chi connectivity index (χ1v) is 10.2. The Bertz CT molecular complexity index is 891. The first kappa shape index (κ1) is 19.4. The molecule has 0 saturated heterocycles. The van der Waals surface area contributed by atoms with Gasteiger partial charge in [0.1, 0.15) is 11.6 Å². The minimum atomic E-state index is -0.269. The van der Waals surface area contributed by atoms with E-state index in [4.69, 9.17) is 4.74 Å². The lowest BCUT2D eigenvalue weighted by Gasteiger charge is -2.20. The van der Waals surface area contributed by atoms with E-state index in [1.807, 2.05) is 18.2 Å². The zero-order chi connectivity index (χ0) is 20.2. The highest BCUT2D eigenvalue weighted by atomic mass is 19.1. The molecule has 29 heavy (non-hydrogen) atoms. The monoisotopic (exact) mass is 396 g/mol. The summed E-state index contributed by atoms with van der Waals surface area (Å²) in [5.41, 5.74) is 2.58. The molecule has 1 aliphatic carbocycles. The molecule has 2 aromatic rings. The van der Waals surface area contributed by atoms with Crippen LogP contribution < -0.4 is 10.1 Å². The fraction of sp³-hybridized carbons (Fsp3) is 0.391. The third-order valence-electron chi connectivity index (χ3n) is 5.70. The van der Waals surface area contributed by atoms with E-state index in [9.17, 15) is 14.0 Å². The molecule has 1 heterocycles. The van der Waals surface area contributed by atoms with E-state index < -0.39 is 0 Å². The van der Waals surface area contributed by atoms with Gasteiger partial charge in [-0.15, -0.1) is 0 Å². The second kappa shape index (κ2) is 8.64. The number of nitrogens with zero attached hydrogens (tertiary/aromatic N) is 1. The molecule has 152 valence electrons. The predicted octanol–water partition coefficient (Wildman–Crippen LogP) is 3.92. The Hall–Kier alpha value is -2.89. The number of halogens is 1. The largest absolute Gasteiger partial charge is 0.483 e. The Balaban J connectivity index is 1.44. The van der Waals surface area contributed by atoms with Crippen LogP contribution in [0.2, 0.25) is 0 Å². The van der Waals surface area contributed by atoms with Crippen molar-refractivity contribution in [1.29, 1.82) is 0 Å². The molecule has 0 spiro atoms. The minimum absolute atomic E-state index is 0.00972. The fourth-order valence-electron chi connectivity index (χ4n) is 4.00.